The molecule has 2 heterocycles. The van der Waals surface area contributed by atoms with Crippen LogP contribution in [-0.4, -0.2) is 36.0 Å². The highest BCUT2D eigenvalue weighted by molar-refractivity contribution is 9.10. The number of aryl methyl sites for hydroxylation is 1. The van der Waals surface area contributed by atoms with Crippen LogP contribution in [0, 0.1) is 6.92 Å². The second-order valence-corrected chi connectivity index (χ2v) is 5.93. The van der Waals surface area contributed by atoms with E-state index in [1.54, 1.807) is 11.1 Å². The third-order valence-electron chi connectivity index (χ3n) is 3.51. The normalized spacial score (nSPS) is 14.9. The summed E-state index contributed by atoms with van der Waals surface area (Å²) in [5.41, 5.74) is 1.41. The van der Waals surface area contributed by atoms with Gasteiger partial charge in [0.25, 0.3) is 5.91 Å². The summed E-state index contributed by atoms with van der Waals surface area (Å²) in [6.07, 6.45) is 1.62. The number of carbonyl (C=O) groups is 1. The van der Waals surface area contributed by atoms with Gasteiger partial charge in [0.2, 0.25) is 0 Å². The molecule has 1 aromatic heterocycles. The molecule has 1 amide bonds. The van der Waals surface area contributed by atoms with Crippen molar-refractivity contribution in [3.05, 3.63) is 46.3 Å². The number of halogens is 1. The predicted octanol–water partition coefficient (Wildman–Crippen LogP) is 2.64. The fourth-order valence-electron chi connectivity index (χ4n) is 2.39. The van der Waals surface area contributed by atoms with Crippen LogP contribution in [0.3, 0.4) is 0 Å². The summed E-state index contributed by atoms with van der Waals surface area (Å²) in [6.45, 7) is 3.17. The van der Waals surface area contributed by atoms with E-state index in [0.717, 1.165) is 16.7 Å². The van der Waals surface area contributed by atoms with Crippen molar-refractivity contribution >= 4 is 33.3 Å². The summed E-state index contributed by atoms with van der Waals surface area (Å²) in [5.74, 6) is 1.31. The largest absolute Gasteiger partial charge is 0.357 e. The third kappa shape index (κ3) is 2.63. The van der Waals surface area contributed by atoms with Gasteiger partial charge >= 0.3 is 0 Å². The molecular weight excluding hydrogens is 332 g/mol. The summed E-state index contributed by atoms with van der Waals surface area (Å²) in [4.78, 5) is 25.2. The Hall–Kier alpha value is -1.95. The average Bonchev–Trinajstić information content (AvgIpc) is 2.57. The van der Waals surface area contributed by atoms with Gasteiger partial charge < -0.3 is 9.80 Å². The molecule has 0 saturated heterocycles. The molecule has 2 aromatic rings. The number of rotatable bonds is 1. The van der Waals surface area contributed by atoms with Crippen molar-refractivity contribution in [3.8, 4) is 0 Å². The molecule has 0 fully saturated rings. The van der Waals surface area contributed by atoms with Gasteiger partial charge in [-0.15, -0.1) is 0 Å². The Morgan fingerprint density at radius 1 is 1.29 bits per heavy atom. The lowest BCUT2D eigenvalue weighted by Crippen LogP contribution is -2.33. The first-order chi connectivity index (χ1) is 10.1. The molecule has 6 heteroatoms. The van der Waals surface area contributed by atoms with Crippen molar-refractivity contribution < 1.29 is 4.79 Å². The minimum Gasteiger partial charge on any atom is -0.357 e. The zero-order valence-corrected chi connectivity index (χ0v) is 13.5. The molecule has 0 saturated carbocycles. The highest BCUT2D eigenvalue weighted by atomic mass is 79.9. The maximum Gasteiger partial charge on any atom is 0.263 e. The molecule has 0 N–H and O–H groups in total. The van der Waals surface area contributed by atoms with Crippen molar-refractivity contribution in [3.63, 3.8) is 0 Å². The monoisotopic (exact) mass is 346 g/mol. The summed E-state index contributed by atoms with van der Waals surface area (Å²) < 4.78 is 0.950. The number of anilines is 2. The van der Waals surface area contributed by atoms with Crippen LogP contribution in [0.1, 0.15) is 16.2 Å². The molecule has 0 bridgehead atoms. The molecule has 1 aliphatic rings. The summed E-state index contributed by atoms with van der Waals surface area (Å²) in [5, 5.41) is 0. The van der Waals surface area contributed by atoms with Gasteiger partial charge in [0, 0.05) is 36.5 Å². The van der Waals surface area contributed by atoms with E-state index >= 15 is 0 Å². The Morgan fingerprint density at radius 2 is 2.10 bits per heavy atom. The van der Waals surface area contributed by atoms with Gasteiger partial charge in [0.1, 0.15) is 17.2 Å². The Kier molecular flexibility index (Phi) is 3.63. The number of carbonyl (C=O) groups excluding carboxylic acids is 1. The maximum atomic E-state index is 12.8. The second kappa shape index (κ2) is 5.44. The van der Waals surface area contributed by atoms with E-state index in [1.807, 2.05) is 43.1 Å². The van der Waals surface area contributed by atoms with E-state index in [-0.39, 0.29) is 5.91 Å². The van der Waals surface area contributed by atoms with Gasteiger partial charge in [-0.25, -0.2) is 9.97 Å². The van der Waals surface area contributed by atoms with Crippen molar-refractivity contribution in [2.24, 2.45) is 0 Å². The van der Waals surface area contributed by atoms with Gasteiger partial charge in [-0.05, 0) is 25.1 Å². The number of benzene rings is 1. The lowest BCUT2D eigenvalue weighted by Gasteiger charge is -2.21. The lowest BCUT2D eigenvalue weighted by molar-refractivity contribution is 0.0989. The van der Waals surface area contributed by atoms with Crippen LogP contribution in [0.15, 0.2) is 34.9 Å². The van der Waals surface area contributed by atoms with E-state index in [0.29, 0.717) is 23.8 Å². The van der Waals surface area contributed by atoms with E-state index in [2.05, 4.69) is 25.9 Å². The van der Waals surface area contributed by atoms with Gasteiger partial charge in [-0.2, -0.15) is 0 Å². The second-order valence-electron chi connectivity index (χ2n) is 5.01. The quantitative estimate of drug-likeness (QED) is 0.796. The molecule has 108 valence electrons. The molecular formula is C15H15BrN4O. The first-order valence-corrected chi connectivity index (χ1v) is 7.48. The molecule has 5 nitrogen and oxygen atoms in total. The van der Waals surface area contributed by atoms with E-state index < -0.39 is 0 Å². The third-order valence-corrected chi connectivity index (χ3v) is 4.00. The van der Waals surface area contributed by atoms with Crippen LogP contribution in [0.4, 0.5) is 11.5 Å². The summed E-state index contributed by atoms with van der Waals surface area (Å²) >= 11 is 3.45. The van der Waals surface area contributed by atoms with Crippen LogP contribution in [0.25, 0.3) is 0 Å². The van der Waals surface area contributed by atoms with E-state index in [4.69, 9.17) is 0 Å². The average molecular weight is 347 g/mol. The molecule has 0 aliphatic carbocycles. The van der Waals surface area contributed by atoms with Gasteiger partial charge in [-0.3, -0.25) is 4.79 Å². The highest BCUT2D eigenvalue weighted by Gasteiger charge is 2.27. The Morgan fingerprint density at radius 3 is 2.86 bits per heavy atom. The fourth-order valence-corrected chi connectivity index (χ4v) is 2.78. The molecule has 0 unspecified atom stereocenters. The Balaban J connectivity index is 2.07. The molecule has 1 aliphatic heterocycles. The van der Waals surface area contributed by atoms with Gasteiger partial charge in [-0.1, -0.05) is 22.0 Å². The predicted molar refractivity (Wildman–Crippen MR) is 85.9 cm³/mol. The maximum absolute atomic E-state index is 12.8. The Bertz CT molecular complexity index is 704. The number of likely N-dealkylation sites (N-methyl/N-ethyl adjacent to an activating group) is 1. The first kappa shape index (κ1) is 14.0. The van der Waals surface area contributed by atoms with Crippen molar-refractivity contribution in [1.29, 1.82) is 0 Å². The van der Waals surface area contributed by atoms with Crippen LogP contribution in [-0.2, 0) is 0 Å². The molecule has 21 heavy (non-hydrogen) atoms. The number of aromatic nitrogens is 2. The minimum atomic E-state index is -0.0625. The first-order valence-electron chi connectivity index (χ1n) is 6.68. The lowest BCUT2D eigenvalue weighted by atomic mass is 10.2. The molecule has 0 atom stereocenters. The topological polar surface area (TPSA) is 49.3 Å². The van der Waals surface area contributed by atoms with Crippen molar-refractivity contribution in [2.75, 3.05) is 29.9 Å². The molecule has 0 radical (unpaired) electrons. The van der Waals surface area contributed by atoms with E-state index in [1.165, 1.54) is 0 Å². The number of fused-ring (bicyclic) bond motifs is 1. The smallest absolute Gasteiger partial charge is 0.263 e. The highest BCUT2D eigenvalue weighted by Crippen LogP contribution is 2.26. The van der Waals surface area contributed by atoms with Gasteiger partial charge in [0.15, 0.2) is 0 Å². The van der Waals surface area contributed by atoms with Crippen LogP contribution >= 0.6 is 15.9 Å². The van der Waals surface area contributed by atoms with Crippen LogP contribution in [0.5, 0.6) is 0 Å². The fraction of sp³-hybridized carbons (Fsp3) is 0.267. The van der Waals surface area contributed by atoms with Crippen molar-refractivity contribution in [2.45, 2.75) is 6.92 Å². The number of nitrogens with zero attached hydrogens (tertiary/aromatic N) is 4. The minimum absolute atomic E-state index is 0.0625. The molecule has 3 rings (SSSR count). The molecule has 1 aromatic carbocycles. The number of hydrogen-bond acceptors (Lipinski definition) is 4. The van der Waals surface area contributed by atoms with Gasteiger partial charge in [0.05, 0.1) is 0 Å². The van der Waals surface area contributed by atoms with Crippen LogP contribution in [0.2, 0.25) is 0 Å². The number of amides is 1. The zero-order chi connectivity index (χ0) is 15.0. The van der Waals surface area contributed by atoms with Crippen molar-refractivity contribution in [1.82, 2.24) is 9.97 Å². The number of hydrogen-bond donors (Lipinski definition) is 0. The van der Waals surface area contributed by atoms with E-state index in [9.17, 15) is 4.79 Å². The summed E-state index contributed by atoms with van der Waals surface area (Å²) in [6, 6.07) is 7.74. The summed E-state index contributed by atoms with van der Waals surface area (Å²) in [7, 11) is 1.95. The SMILES string of the molecule is Cc1ncc2c(n1)N(C)CCN(c1cccc(Br)c1)C2=O. The standard InChI is InChI=1S/C15H15BrN4O/c1-10-17-9-13-14(18-10)19(2)6-7-20(15(13)21)12-5-3-4-11(16)8-12/h3-5,8-9H,6-7H2,1-2H3. The zero-order valence-electron chi connectivity index (χ0n) is 11.9. The molecule has 0 spiro atoms. The Labute approximate surface area is 131 Å². The van der Waals surface area contributed by atoms with Crippen LogP contribution < -0.4 is 9.80 Å².